The van der Waals surface area contributed by atoms with Crippen LogP contribution in [-0.2, 0) is 16.5 Å². The third-order valence-corrected chi connectivity index (χ3v) is 5.50. The van der Waals surface area contributed by atoms with Gasteiger partial charge in [-0.15, -0.1) is 0 Å². The number of carbonyl (C=O) groups excluding carboxylic acids is 1. The van der Waals surface area contributed by atoms with E-state index < -0.39 is 17.3 Å². The molecule has 1 unspecified atom stereocenters. The summed E-state index contributed by atoms with van der Waals surface area (Å²) in [4.78, 5) is 14.5. The number of piperidine rings is 1. The van der Waals surface area contributed by atoms with E-state index in [4.69, 9.17) is 9.47 Å². The van der Waals surface area contributed by atoms with Crippen LogP contribution in [0.5, 0.6) is 5.75 Å². The molecule has 2 aromatic carbocycles. The lowest BCUT2D eigenvalue weighted by Gasteiger charge is -2.37. The highest BCUT2D eigenvalue weighted by Crippen LogP contribution is 2.31. The van der Waals surface area contributed by atoms with Gasteiger partial charge in [0.05, 0.1) is 25.3 Å². The van der Waals surface area contributed by atoms with Gasteiger partial charge in [0.25, 0.3) is 5.91 Å². The molecule has 4 rings (SSSR count). The molecule has 30 heavy (non-hydrogen) atoms. The molecule has 2 heterocycles. The summed E-state index contributed by atoms with van der Waals surface area (Å²) in [7, 11) is 0. The van der Waals surface area contributed by atoms with Crippen molar-refractivity contribution in [1.82, 2.24) is 4.90 Å². The zero-order valence-electron chi connectivity index (χ0n) is 16.2. The van der Waals surface area contributed by atoms with Gasteiger partial charge in [-0.2, -0.15) is 13.2 Å². The standard InChI is InChI=1S/C22H22F3NO4/c23-22(24,25)17-7-9-18(10-8-17)30-19-2-1-11-26(12-19)20(27)15-3-5-16(6-4-15)21(28)13-29-14-21/h3-10,19,28H,1-2,11-14H2. The molecule has 1 atom stereocenters. The number of amides is 1. The Labute approximate surface area is 172 Å². The van der Waals surface area contributed by atoms with E-state index in [1.54, 1.807) is 29.2 Å². The van der Waals surface area contributed by atoms with Gasteiger partial charge in [0.1, 0.15) is 17.5 Å². The Morgan fingerprint density at radius 1 is 1.10 bits per heavy atom. The summed E-state index contributed by atoms with van der Waals surface area (Å²) in [5.41, 5.74) is -0.477. The summed E-state index contributed by atoms with van der Waals surface area (Å²) in [5.74, 6) is 0.210. The van der Waals surface area contributed by atoms with E-state index in [0.717, 1.165) is 25.0 Å². The monoisotopic (exact) mass is 421 g/mol. The predicted molar refractivity (Wildman–Crippen MR) is 102 cm³/mol. The van der Waals surface area contributed by atoms with Crippen LogP contribution in [0, 0.1) is 0 Å². The fourth-order valence-electron chi connectivity index (χ4n) is 3.70. The number of likely N-dealkylation sites (tertiary alicyclic amines) is 1. The Kier molecular flexibility index (Phi) is 5.46. The number of carbonyl (C=O) groups is 1. The molecular formula is C22H22F3NO4. The Morgan fingerprint density at radius 2 is 1.77 bits per heavy atom. The second kappa shape index (κ2) is 7.92. The normalized spacial score (nSPS) is 21.1. The van der Waals surface area contributed by atoms with Gasteiger partial charge < -0.3 is 19.5 Å². The first-order chi connectivity index (χ1) is 14.2. The number of benzene rings is 2. The fourth-order valence-corrected chi connectivity index (χ4v) is 3.70. The summed E-state index contributed by atoms with van der Waals surface area (Å²) < 4.78 is 48.9. The van der Waals surface area contributed by atoms with Crippen molar-refractivity contribution in [1.29, 1.82) is 0 Å². The maximum Gasteiger partial charge on any atom is 0.416 e. The van der Waals surface area contributed by atoms with Crippen LogP contribution in [0.15, 0.2) is 48.5 Å². The third kappa shape index (κ3) is 4.29. The Bertz CT molecular complexity index is 892. The Balaban J connectivity index is 1.38. The summed E-state index contributed by atoms with van der Waals surface area (Å²) in [6.07, 6.45) is -3.21. The van der Waals surface area contributed by atoms with Gasteiger partial charge in [-0.3, -0.25) is 4.79 Å². The maximum atomic E-state index is 12.9. The number of hydrogen-bond acceptors (Lipinski definition) is 4. The molecule has 0 aliphatic carbocycles. The van der Waals surface area contributed by atoms with E-state index in [1.807, 2.05) is 0 Å². The van der Waals surface area contributed by atoms with Crippen molar-refractivity contribution < 1.29 is 32.5 Å². The smallest absolute Gasteiger partial charge is 0.416 e. The van der Waals surface area contributed by atoms with Crippen molar-refractivity contribution in [3.63, 3.8) is 0 Å². The van der Waals surface area contributed by atoms with Crippen LogP contribution in [0.4, 0.5) is 13.2 Å². The van der Waals surface area contributed by atoms with Crippen LogP contribution >= 0.6 is 0 Å². The third-order valence-electron chi connectivity index (χ3n) is 5.50. The second-order valence-corrected chi connectivity index (χ2v) is 7.76. The topological polar surface area (TPSA) is 59.0 Å². The van der Waals surface area contributed by atoms with Gasteiger partial charge in [0.2, 0.25) is 0 Å². The van der Waals surface area contributed by atoms with Gasteiger partial charge in [-0.05, 0) is 54.8 Å². The SMILES string of the molecule is O=C(c1ccc(C2(O)COC2)cc1)N1CCCC(Oc2ccc(C(F)(F)F)cc2)C1. The number of halogens is 3. The molecule has 1 amide bonds. The molecule has 2 fully saturated rings. The minimum absolute atomic E-state index is 0.140. The summed E-state index contributed by atoms with van der Waals surface area (Å²) in [6, 6.07) is 11.4. The zero-order valence-corrected chi connectivity index (χ0v) is 16.2. The molecule has 0 bridgehead atoms. The van der Waals surface area contributed by atoms with Crippen LogP contribution < -0.4 is 4.74 Å². The first kappa shape index (κ1) is 20.7. The van der Waals surface area contributed by atoms with E-state index in [2.05, 4.69) is 0 Å². The first-order valence-electron chi connectivity index (χ1n) is 9.78. The van der Waals surface area contributed by atoms with Crippen molar-refractivity contribution in [2.75, 3.05) is 26.3 Å². The molecule has 8 heteroatoms. The molecule has 2 aliphatic heterocycles. The quantitative estimate of drug-likeness (QED) is 0.820. The minimum atomic E-state index is -4.39. The lowest BCUT2D eigenvalue weighted by atomic mass is 9.91. The number of alkyl halides is 3. The molecule has 0 aromatic heterocycles. The summed E-state index contributed by atoms with van der Waals surface area (Å²) in [5, 5.41) is 10.3. The molecule has 160 valence electrons. The molecule has 2 aromatic rings. The van der Waals surface area contributed by atoms with Crippen molar-refractivity contribution in [3.05, 3.63) is 65.2 Å². The molecule has 0 saturated carbocycles. The molecule has 5 nitrogen and oxygen atoms in total. The number of aliphatic hydroxyl groups is 1. The predicted octanol–water partition coefficient (Wildman–Crippen LogP) is 3.61. The highest BCUT2D eigenvalue weighted by atomic mass is 19.4. The largest absolute Gasteiger partial charge is 0.489 e. The van der Waals surface area contributed by atoms with Crippen LogP contribution in [0.2, 0.25) is 0 Å². The average Bonchev–Trinajstić information content (AvgIpc) is 2.71. The number of rotatable bonds is 4. The van der Waals surface area contributed by atoms with Gasteiger partial charge >= 0.3 is 6.18 Å². The maximum absolute atomic E-state index is 12.9. The van der Waals surface area contributed by atoms with Crippen LogP contribution in [0.25, 0.3) is 0 Å². The van der Waals surface area contributed by atoms with Crippen molar-refractivity contribution >= 4 is 5.91 Å². The molecular weight excluding hydrogens is 399 g/mol. The van der Waals surface area contributed by atoms with Crippen LogP contribution in [0.1, 0.15) is 34.3 Å². The molecule has 2 aliphatic rings. The fraction of sp³-hybridized carbons (Fsp3) is 0.409. The lowest BCUT2D eigenvalue weighted by molar-refractivity contribution is -0.184. The summed E-state index contributed by atoms with van der Waals surface area (Å²) in [6.45, 7) is 1.44. The van der Waals surface area contributed by atoms with Gasteiger partial charge in [-0.25, -0.2) is 0 Å². The molecule has 1 N–H and O–H groups in total. The molecule has 2 saturated heterocycles. The van der Waals surface area contributed by atoms with E-state index in [1.165, 1.54) is 12.1 Å². The minimum Gasteiger partial charge on any atom is -0.489 e. The van der Waals surface area contributed by atoms with Crippen LogP contribution in [0.3, 0.4) is 0 Å². The molecule has 0 radical (unpaired) electrons. The molecule has 0 spiro atoms. The number of hydrogen-bond donors (Lipinski definition) is 1. The van der Waals surface area contributed by atoms with Crippen molar-refractivity contribution in [2.24, 2.45) is 0 Å². The zero-order chi connectivity index (χ0) is 21.4. The van der Waals surface area contributed by atoms with Gasteiger partial charge in [-0.1, -0.05) is 12.1 Å². The van der Waals surface area contributed by atoms with Crippen molar-refractivity contribution in [2.45, 2.75) is 30.7 Å². The summed E-state index contributed by atoms with van der Waals surface area (Å²) >= 11 is 0. The van der Waals surface area contributed by atoms with E-state index in [-0.39, 0.29) is 25.2 Å². The van der Waals surface area contributed by atoms with E-state index in [0.29, 0.717) is 30.0 Å². The highest BCUT2D eigenvalue weighted by Gasteiger charge is 2.38. The first-order valence-corrected chi connectivity index (χ1v) is 9.78. The Morgan fingerprint density at radius 3 is 2.33 bits per heavy atom. The van der Waals surface area contributed by atoms with E-state index in [9.17, 15) is 23.1 Å². The van der Waals surface area contributed by atoms with Crippen molar-refractivity contribution in [3.8, 4) is 5.75 Å². The van der Waals surface area contributed by atoms with Gasteiger partial charge in [0, 0.05) is 12.1 Å². The average molecular weight is 421 g/mol. The Hall–Kier alpha value is -2.58. The van der Waals surface area contributed by atoms with E-state index >= 15 is 0 Å². The second-order valence-electron chi connectivity index (χ2n) is 7.76. The number of ether oxygens (including phenoxy) is 2. The highest BCUT2D eigenvalue weighted by molar-refractivity contribution is 5.94. The lowest BCUT2D eigenvalue weighted by Crippen LogP contribution is -2.46. The number of nitrogens with zero attached hydrogens (tertiary/aromatic N) is 1. The van der Waals surface area contributed by atoms with Crippen LogP contribution in [-0.4, -0.2) is 48.3 Å². The van der Waals surface area contributed by atoms with Gasteiger partial charge in [0.15, 0.2) is 0 Å².